The fourth-order valence-corrected chi connectivity index (χ4v) is 2.36. The van der Waals surface area contributed by atoms with Crippen molar-refractivity contribution >= 4 is 0 Å². The molecule has 0 saturated heterocycles. The highest BCUT2D eigenvalue weighted by atomic mass is 15.2. The number of nitrogens with zero attached hydrogens (tertiary/aromatic N) is 2. The molecule has 0 radical (unpaired) electrons. The lowest BCUT2D eigenvalue weighted by Gasteiger charge is -2.13. The van der Waals surface area contributed by atoms with Crippen LogP contribution in [0.5, 0.6) is 0 Å². The van der Waals surface area contributed by atoms with Crippen LogP contribution in [-0.4, -0.2) is 21.7 Å². The van der Waals surface area contributed by atoms with Gasteiger partial charge in [-0.25, -0.2) is 4.98 Å². The van der Waals surface area contributed by atoms with E-state index in [0.717, 1.165) is 37.0 Å². The molecule has 1 aromatic heterocycles. The molecular weight excluding hydrogens is 212 g/mol. The molecule has 1 aromatic rings. The molecule has 1 fully saturated rings. The summed E-state index contributed by atoms with van der Waals surface area (Å²) in [6, 6.07) is 0. The summed E-state index contributed by atoms with van der Waals surface area (Å²) in [6.45, 7) is 3.04. The molecule has 3 N–H and O–H groups in total. The van der Waals surface area contributed by atoms with Crippen LogP contribution in [0.25, 0.3) is 0 Å². The van der Waals surface area contributed by atoms with E-state index in [1.165, 1.54) is 32.1 Å². The van der Waals surface area contributed by atoms with E-state index in [9.17, 15) is 0 Å². The van der Waals surface area contributed by atoms with Gasteiger partial charge < -0.3 is 5.73 Å². The van der Waals surface area contributed by atoms with E-state index in [0.29, 0.717) is 5.92 Å². The van der Waals surface area contributed by atoms with E-state index in [4.69, 9.17) is 5.73 Å². The number of aromatic amines is 1. The van der Waals surface area contributed by atoms with E-state index in [2.05, 4.69) is 22.1 Å². The van der Waals surface area contributed by atoms with Crippen LogP contribution in [0.3, 0.4) is 0 Å². The number of hydrogen-bond acceptors (Lipinski definition) is 3. The zero-order valence-electron chi connectivity index (χ0n) is 10.8. The number of H-pyrrole nitrogens is 1. The van der Waals surface area contributed by atoms with Gasteiger partial charge in [0.05, 0.1) is 0 Å². The third-order valence-electron chi connectivity index (χ3n) is 3.55. The van der Waals surface area contributed by atoms with E-state index in [1.54, 1.807) is 0 Å². The minimum Gasteiger partial charge on any atom is -0.330 e. The lowest BCUT2D eigenvalue weighted by atomic mass is 9.94. The Kier molecular flexibility index (Phi) is 4.54. The van der Waals surface area contributed by atoms with Gasteiger partial charge in [-0.05, 0) is 38.1 Å². The molecule has 0 aliphatic heterocycles. The molecule has 1 unspecified atom stereocenters. The van der Waals surface area contributed by atoms with Crippen molar-refractivity contribution in [3.8, 4) is 0 Å². The predicted molar refractivity (Wildman–Crippen MR) is 68.7 cm³/mol. The van der Waals surface area contributed by atoms with Gasteiger partial charge in [0, 0.05) is 12.3 Å². The average Bonchev–Trinajstić information content (AvgIpc) is 3.07. The van der Waals surface area contributed by atoms with Crippen molar-refractivity contribution in [3.63, 3.8) is 0 Å². The first-order valence-electron chi connectivity index (χ1n) is 6.94. The summed E-state index contributed by atoms with van der Waals surface area (Å²) in [5.41, 5.74) is 5.64. The molecule has 0 aromatic carbocycles. The Morgan fingerprint density at radius 1 is 1.35 bits per heavy atom. The second-order valence-corrected chi connectivity index (χ2v) is 5.19. The first-order chi connectivity index (χ1) is 8.33. The minimum absolute atomic E-state index is 0.649. The fourth-order valence-electron chi connectivity index (χ4n) is 2.36. The van der Waals surface area contributed by atoms with Crippen LogP contribution in [0.1, 0.15) is 63.0 Å². The van der Waals surface area contributed by atoms with Crippen LogP contribution in [0, 0.1) is 5.92 Å². The summed E-state index contributed by atoms with van der Waals surface area (Å²) >= 11 is 0. The first kappa shape index (κ1) is 12.6. The fraction of sp³-hybridized carbons (Fsp3) is 0.846. The van der Waals surface area contributed by atoms with Crippen molar-refractivity contribution in [2.75, 3.05) is 6.54 Å². The van der Waals surface area contributed by atoms with Gasteiger partial charge in [-0.3, -0.25) is 5.10 Å². The molecule has 1 aliphatic carbocycles. The lowest BCUT2D eigenvalue weighted by molar-refractivity contribution is 0.417. The predicted octanol–water partition coefficient (Wildman–Crippen LogP) is 2.38. The quantitative estimate of drug-likeness (QED) is 0.728. The molecule has 4 nitrogen and oxygen atoms in total. The van der Waals surface area contributed by atoms with Gasteiger partial charge in [-0.1, -0.05) is 19.8 Å². The van der Waals surface area contributed by atoms with Crippen LogP contribution in [0.4, 0.5) is 0 Å². The SMILES string of the molecule is CCCC(CCN)CCc1nc(C2CC2)n[nH]1. The van der Waals surface area contributed by atoms with Gasteiger partial charge in [0.1, 0.15) is 5.82 Å². The highest BCUT2D eigenvalue weighted by Gasteiger charge is 2.27. The molecule has 1 saturated carbocycles. The monoisotopic (exact) mass is 236 g/mol. The second-order valence-electron chi connectivity index (χ2n) is 5.19. The second kappa shape index (κ2) is 6.15. The van der Waals surface area contributed by atoms with Crippen LogP contribution in [0.2, 0.25) is 0 Å². The van der Waals surface area contributed by atoms with Gasteiger partial charge >= 0.3 is 0 Å². The van der Waals surface area contributed by atoms with Gasteiger partial charge in [-0.15, -0.1) is 0 Å². The Hall–Kier alpha value is -0.900. The van der Waals surface area contributed by atoms with Gasteiger partial charge in [-0.2, -0.15) is 5.10 Å². The molecule has 0 bridgehead atoms. The van der Waals surface area contributed by atoms with Crippen molar-refractivity contribution in [3.05, 3.63) is 11.6 Å². The number of rotatable bonds is 8. The number of aromatic nitrogens is 3. The summed E-state index contributed by atoms with van der Waals surface area (Å²) in [6.07, 6.45) is 8.40. The van der Waals surface area contributed by atoms with Gasteiger partial charge in [0.2, 0.25) is 0 Å². The summed E-state index contributed by atoms with van der Waals surface area (Å²) in [5, 5.41) is 7.36. The van der Waals surface area contributed by atoms with Crippen LogP contribution < -0.4 is 5.73 Å². The largest absolute Gasteiger partial charge is 0.330 e. The molecule has 1 heterocycles. The number of aryl methyl sites for hydroxylation is 1. The number of nitrogens with two attached hydrogens (primary N) is 1. The van der Waals surface area contributed by atoms with E-state index < -0.39 is 0 Å². The number of nitrogens with one attached hydrogen (secondary N) is 1. The average molecular weight is 236 g/mol. The first-order valence-corrected chi connectivity index (χ1v) is 6.94. The lowest BCUT2D eigenvalue weighted by Crippen LogP contribution is -2.10. The highest BCUT2D eigenvalue weighted by Crippen LogP contribution is 2.37. The third-order valence-corrected chi connectivity index (χ3v) is 3.55. The van der Waals surface area contributed by atoms with Crippen LogP contribution in [-0.2, 0) is 6.42 Å². The summed E-state index contributed by atoms with van der Waals surface area (Å²) in [4.78, 5) is 4.57. The Balaban J connectivity index is 1.78. The molecule has 2 rings (SSSR count). The van der Waals surface area contributed by atoms with Gasteiger partial charge in [0.15, 0.2) is 5.82 Å². The summed E-state index contributed by atoms with van der Waals surface area (Å²) in [5.74, 6) is 3.49. The molecule has 17 heavy (non-hydrogen) atoms. The summed E-state index contributed by atoms with van der Waals surface area (Å²) in [7, 11) is 0. The van der Waals surface area contributed by atoms with Gasteiger partial charge in [0.25, 0.3) is 0 Å². The Labute approximate surface area is 103 Å². The molecule has 4 heteroatoms. The zero-order valence-corrected chi connectivity index (χ0v) is 10.8. The molecule has 96 valence electrons. The minimum atomic E-state index is 0.649. The number of hydrogen-bond donors (Lipinski definition) is 2. The molecular formula is C13H24N4. The molecule has 0 spiro atoms. The van der Waals surface area contributed by atoms with E-state index >= 15 is 0 Å². The topological polar surface area (TPSA) is 67.6 Å². The maximum atomic E-state index is 5.64. The third kappa shape index (κ3) is 3.80. The van der Waals surface area contributed by atoms with Crippen LogP contribution >= 0.6 is 0 Å². The molecule has 1 atom stereocenters. The molecule has 1 aliphatic rings. The highest BCUT2D eigenvalue weighted by molar-refractivity contribution is 5.05. The van der Waals surface area contributed by atoms with E-state index in [1.807, 2.05) is 0 Å². The standard InChI is InChI=1S/C13H24N4/c1-2-3-10(8-9-14)4-7-12-15-13(17-16-12)11-5-6-11/h10-11H,2-9,14H2,1H3,(H,15,16,17). The Morgan fingerprint density at radius 3 is 2.82 bits per heavy atom. The normalized spacial score (nSPS) is 17.3. The molecule has 0 amide bonds. The van der Waals surface area contributed by atoms with E-state index in [-0.39, 0.29) is 0 Å². The Bertz CT molecular complexity index is 324. The smallest absolute Gasteiger partial charge is 0.153 e. The summed E-state index contributed by atoms with van der Waals surface area (Å²) < 4.78 is 0. The Morgan fingerprint density at radius 2 is 2.18 bits per heavy atom. The maximum Gasteiger partial charge on any atom is 0.153 e. The van der Waals surface area contributed by atoms with Crippen molar-refractivity contribution in [1.82, 2.24) is 15.2 Å². The van der Waals surface area contributed by atoms with Crippen molar-refractivity contribution < 1.29 is 0 Å². The van der Waals surface area contributed by atoms with Crippen molar-refractivity contribution in [2.45, 2.75) is 57.8 Å². The zero-order chi connectivity index (χ0) is 12.1. The van der Waals surface area contributed by atoms with Crippen LogP contribution in [0.15, 0.2) is 0 Å². The van der Waals surface area contributed by atoms with Crippen molar-refractivity contribution in [2.24, 2.45) is 11.7 Å². The maximum absolute atomic E-state index is 5.64. The van der Waals surface area contributed by atoms with Crippen molar-refractivity contribution in [1.29, 1.82) is 0 Å².